The molecule has 5 nitrogen and oxygen atoms in total. The van der Waals surface area contributed by atoms with Crippen molar-refractivity contribution in [1.29, 1.82) is 0 Å². The van der Waals surface area contributed by atoms with Crippen molar-refractivity contribution in [2.75, 3.05) is 6.54 Å². The number of esters is 1. The second-order valence-electron chi connectivity index (χ2n) is 11.9. The quantitative estimate of drug-likeness (QED) is 0.385. The lowest BCUT2D eigenvalue weighted by atomic mass is 9.56. The van der Waals surface area contributed by atoms with Gasteiger partial charge in [0.2, 0.25) is 0 Å². The molecule has 0 amide bonds. The van der Waals surface area contributed by atoms with Crippen LogP contribution in [0, 0.1) is 5.92 Å². The Labute approximate surface area is 205 Å². The third-order valence-electron chi connectivity index (χ3n) is 10.1. The molecule has 2 bridgehead atoms. The molecule has 4 unspecified atom stereocenters. The molecule has 4 aliphatic carbocycles. The zero-order chi connectivity index (χ0) is 23.6. The normalized spacial score (nSPS) is 39.0. The maximum Gasteiger partial charge on any atom is 0.306 e. The Morgan fingerprint density at radius 1 is 1.20 bits per heavy atom. The van der Waals surface area contributed by atoms with Crippen molar-refractivity contribution < 1.29 is 19.4 Å². The lowest BCUT2D eigenvalue weighted by Crippen LogP contribution is -2.64. The van der Waals surface area contributed by atoms with E-state index in [0.717, 1.165) is 54.8 Å². The van der Waals surface area contributed by atoms with Crippen LogP contribution in [0.15, 0.2) is 54.6 Å². The first-order chi connectivity index (χ1) is 17.0. The van der Waals surface area contributed by atoms with E-state index in [1.807, 2.05) is 18.2 Å². The molecular formula is C30H31NO4. The number of rotatable bonds is 6. The molecule has 1 N–H and O–H groups in total. The van der Waals surface area contributed by atoms with Gasteiger partial charge in [0.05, 0.1) is 11.5 Å². The van der Waals surface area contributed by atoms with Crippen LogP contribution >= 0.6 is 0 Å². The van der Waals surface area contributed by atoms with Crippen molar-refractivity contribution in [2.45, 2.75) is 80.1 Å². The Balaban J connectivity index is 1.23. The molecule has 2 heterocycles. The van der Waals surface area contributed by atoms with Crippen molar-refractivity contribution in [3.8, 4) is 11.5 Å². The van der Waals surface area contributed by atoms with Gasteiger partial charge in [0.15, 0.2) is 11.5 Å². The smallest absolute Gasteiger partial charge is 0.306 e. The third kappa shape index (κ3) is 2.41. The highest BCUT2D eigenvalue weighted by molar-refractivity contribution is 5.74. The summed E-state index contributed by atoms with van der Waals surface area (Å²) in [6, 6.07) is 14.2. The summed E-state index contributed by atoms with van der Waals surface area (Å²) in [5.41, 5.74) is 3.52. The molecule has 4 fully saturated rings. The highest BCUT2D eigenvalue weighted by atomic mass is 16.6. The number of hydrogen-bond acceptors (Lipinski definition) is 5. The number of ether oxygens (including phenoxy) is 2. The van der Waals surface area contributed by atoms with E-state index in [1.54, 1.807) is 6.07 Å². The Morgan fingerprint density at radius 2 is 2.03 bits per heavy atom. The van der Waals surface area contributed by atoms with Crippen molar-refractivity contribution in [2.24, 2.45) is 5.92 Å². The molecule has 180 valence electrons. The number of phenolic OH excluding ortho intramolecular Hbond substituents is 1. The first-order valence-corrected chi connectivity index (χ1v) is 13.2. The van der Waals surface area contributed by atoms with E-state index >= 15 is 0 Å². The van der Waals surface area contributed by atoms with E-state index in [1.165, 1.54) is 18.4 Å². The number of carbonyl (C=O) groups is 1. The molecule has 0 aromatic heterocycles. The molecule has 6 atom stereocenters. The van der Waals surface area contributed by atoms with Crippen LogP contribution in [0.2, 0.25) is 0 Å². The molecule has 2 aromatic rings. The summed E-state index contributed by atoms with van der Waals surface area (Å²) < 4.78 is 13.3. The second kappa shape index (κ2) is 6.50. The average Bonchev–Trinajstić information content (AvgIpc) is 3.72. The number of benzene rings is 2. The molecule has 0 radical (unpaired) electrons. The standard InChI is InChI=1S/C30H31NO4/c1-18-13-14-30(35-23(33)12-9-19-5-3-2-4-6-19)27-28(31(27)16-20-7-8-20)15-21-10-11-22(32)25-24(21)29(30,17-28)26(18)34-25/h2-6,10-11,20,26-27,32H,1,7-9,12-17H2/t26-,27?,28?,29?,30+,31?/m0/s1. The Hall–Kier alpha value is -2.79. The van der Waals surface area contributed by atoms with Gasteiger partial charge >= 0.3 is 5.97 Å². The van der Waals surface area contributed by atoms with Crippen LogP contribution in [0.3, 0.4) is 0 Å². The number of phenols is 1. The first kappa shape index (κ1) is 20.4. The van der Waals surface area contributed by atoms with Gasteiger partial charge in [0.1, 0.15) is 11.7 Å². The van der Waals surface area contributed by atoms with Gasteiger partial charge in [-0.15, -0.1) is 0 Å². The van der Waals surface area contributed by atoms with Gasteiger partial charge in [-0.2, -0.15) is 0 Å². The summed E-state index contributed by atoms with van der Waals surface area (Å²) in [6.07, 6.45) is 6.87. The van der Waals surface area contributed by atoms with Crippen molar-refractivity contribution in [3.63, 3.8) is 0 Å². The number of piperidine rings is 1. The van der Waals surface area contributed by atoms with Gasteiger partial charge in [0, 0.05) is 24.1 Å². The fraction of sp³-hybridized carbons (Fsp3) is 0.500. The van der Waals surface area contributed by atoms with Gasteiger partial charge in [0.25, 0.3) is 0 Å². The lowest BCUT2D eigenvalue weighted by Gasteiger charge is -2.53. The maximum atomic E-state index is 13.5. The zero-order valence-corrected chi connectivity index (χ0v) is 20.0. The Morgan fingerprint density at radius 3 is 2.83 bits per heavy atom. The van der Waals surface area contributed by atoms with Gasteiger partial charge < -0.3 is 14.6 Å². The largest absolute Gasteiger partial charge is 0.504 e. The number of aromatic hydroxyl groups is 1. The summed E-state index contributed by atoms with van der Waals surface area (Å²) in [4.78, 5) is 16.2. The molecule has 3 saturated carbocycles. The number of likely N-dealkylation sites (tertiary alicyclic amines) is 1. The van der Waals surface area contributed by atoms with Crippen LogP contribution < -0.4 is 4.74 Å². The van der Waals surface area contributed by atoms with E-state index < -0.39 is 11.0 Å². The monoisotopic (exact) mass is 469 g/mol. The molecule has 35 heavy (non-hydrogen) atoms. The van der Waals surface area contributed by atoms with Crippen LogP contribution in [0.1, 0.15) is 55.2 Å². The summed E-state index contributed by atoms with van der Waals surface area (Å²) >= 11 is 0. The van der Waals surface area contributed by atoms with Gasteiger partial charge in [-0.1, -0.05) is 43.0 Å². The predicted octanol–water partition coefficient (Wildman–Crippen LogP) is 4.45. The molecule has 2 aliphatic heterocycles. The summed E-state index contributed by atoms with van der Waals surface area (Å²) in [7, 11) is 0. The first-order valence-electron chi connectivity index (χ1n) is 13.2. The number of fused-ring (bicyclic) bond motifs is 1. The van der Waals surface area contributed by atoms with E-state index in [-0.39, 0.29) is 29.4 Å². The fourth-order valence-corrected chi connectivity index (χ4v) is 8.60. The minimum atomic E-state index is -0.633. The summed E-state index contributed by atoms with van der Waals surface area (Å²) in [5.74, 6) is 1.45. The minimum absolute atomic E-state index is 0.0279. The molecule has 8 rings (SSSR count). The van der Waals surface area contributed by atoms with Crippen LogP contribution in [-0.4, -0.2) is 45.8 Å². The number of nitrogens with zero attached hydrogens (tertiary/aromatic N) is 1. The van der Waals surface area contributed by atoms with Crippen LogP contribution in [0.25, 0.3) is 0 Å². The zero-order valence-electron chi connectivity index (χ0n) is 20.0. The highest BCUT2D eigenvalue weighted by Crippen LogP contribution is 2.78. The average molecular weight is 470 g/mol. The van der Waals surface area contributed by atoms with E-state index in [0.29, 0.717) is 18.6 Å². The third-order valence-corrected chi connectivity index (χ3v) is 10.1. The van der Waals surface area contributed by atoms with Crippen LogP contribution in [0.5, 0.6) is 11.5 Å². The molecule has 5 heteroatoms. The molecule has 6 aliphatic rings. The summed E-state index contributed by atoms with van der Waals surface area (Å²) in [6.45, 7) is 5.52. The maximum absolute atomic E-state index is 13.5. The predicted molar refractivity (Wildman–Crippen MR) is 130 cm³/mol. The number of carbonyl (C=O) groups excluding carboxylic acids is 1. The van der Waals surface area contributed by atoms with Gasteiger partial charge in [-0.05, 0) is 73.6 Å². The van der Waals surface area contributed by atoms with Crippen LogP contribution in [0.4, 0.5) is 0 Å². The van der Waals surface area contributed by atoms with E-state index in [4.69, 9.17) is 9.47 Å². The Bertz CT molecular complexity index is 1280. The molecular weight excluding hydrogens is 438 g/mol. The van der Waals surface area contributed by atoms with Crippen molar-refractivity contribution >= 4 is 5.97 Å². The highest BCUT2D eigenvalue weighted by Gasteiger charge is 2.89. The minimum Gasteiger partial charge on any atom is -0.504 e. The second-order valence-corrected chi connectivity index (χ2v) is 11.9. The topological polar surface area (TPSA) is 58.8 Å². The van der Waals surface area contributed by atoms with E-state index in [2.05, 4.69) is 29.7 Å². The van der Waals surface area contributed by atoms with Gasteiger partial charge in [-0.25, -0.2) is 0 Å². The van der Waals surface area contributed by atoms with Crippen molar-refractivity contribution in [3.05, 3.63) is 71.3 Å². The molecule has 1 saturated heterocycles. The van der Waals surface area contributed by atoms with Crippen molar-refractivity contribution in [1.82, 2.24) is 4.90 Å². The SMILES string of the molecule is C=C1CC[C@@]2(OC(=O)CCc3ccccc3)C3N(CC4CC4)C34Cc3ccc(O)c5c3C2(C4)[C@H]1O5. The number of hydrogen-bond donors (Lipinski definition) is 1. The molecule has 2 spiro atoms. The number of aryl methyl sites for hydroxylation is 1. The summed E-state index contributed by atoms with van der Waals surface area (Å²) in [5, 5.41) is 10.8. The fourth-order valence-electron chi connectivity index (χ4n) is 8.60. The van der Waals surface area contributed by atoms with Crippen LogP contribution in [-0.2, 0) is 27.8 Å². The Kier molecular flexibility index (Phi) is 3.79. The van der Waals surface area contributed by atoms with Gasteiger partial charge in [-0.3, -0.25) is 9.69 Å². The lowest BCUT2D eigenvalue weighted by molar-refractivity contribution is -0.177. The molecule has 2 aromatic carbocycles. The van der Waals surface area contributed by atoms with E-state index in [9.17, 15) is 9.90 Å².